The molecule has 0 fully saturated rings. The molecule has 5 nitrogen and oxygen atoms in total. The van der Waals surface area contributed by atoms with Gasteiger partial charge in [0.2, 0.25) is 0 Å². The first kappa shape index (κ1) is 13.8. The molecule has 0 aliphatic carbocycles. The lowest BCUT2D eigenvalue weighted by Gasteiger charge is -2.13. The van der Waals surface area contributed by atoms with Crippen molar-refractivity contribution in [2.75, 3.05) is 11.5 Å². The van der Waals surface area contributed by atoms with E-state index in [1.807, 2.05) is 0 Å². The van der Waals surface area contributed by atoms with Crippen LogP contribution >= 0.6 is 0 Å². The maximum atomic E-state index is 13.2. The fourth-order valence-corrected chi connectivity index (χ4v) is 1.53. The van der Waals surface area contributed by atoms with E-state index in [-0.39, 0.29) is 22.9 Å². The quantitative estimate of drug-likeness (QED) is 0.828. The number of anilines is 2. The molecule has 0 atom stereocenters. The highest BCUT2D eigenvalue weighted by molar-refractivity contribution is 5.75. The molecule has 106 valence electrons. The second-order valence-electron chi connectivity index (χ2n) is 3.72. The summed E-state index contributed by atoms with van der Waals surface area (Å²) in [6, 6.07) is 2.47. The third-order valence-corrected chi connectivity index (χ3v) is 2.24. The van der Waals surface area contributed by atoms with Gasteiger partial charge in [-0.25, -0.2) is 14.4 Å². The smallest absolute Gasteiger partial charge is 0.405 e. The van der Waals surface area contributed by atoms with Crippen molar-refractivity contribution in [1.82, 2.24) is 9.97 Å². The fraction of sp³-hybridized carbons (Fsp3) is 0.0909. The highest BCUT2D eigenvalue weighted by atomic mass is 19.4. The van der Waals surface area contributed by atoms with Gasteiger partial charge in [0.1, 0.15) is 23.1 Å². The minimum absolute atomic E-state index is 0.0130. The fourth-order valence-electron chi connectivity index (χ4n) is 1.53. The number of rotatable bonds is 2. The second-order valence-corrected chi connectivity index (χ2v) is 3.72. The zero-order chi connectivity index (χ0) is 14.9. The molecule has 0 spiro atoms. The summed E-state index contributed by atoms with van der Waals surface area (Å²) in [6.45, 7) is 0. The minimum atomic E-state index is -4.93. The molecule has 0 aliphatic heterocycles. The van der Waals surface area contributed by atoms with E-state index >= 15 is 0 Å². The molecule has 0 saturated carbocycles. The van der Waals surface area contributed by atoms with Gasteiger partial charge >= 0.3 is 6.36 Å². The number of benzene rings is 1. The molecular weight excluding hydrogens is 280 g/mol. The molecule has 0 bridgehead atoms. The van der Waals surface area contributed by atoms with Gasteiger partial charge in [0, 0.05) is 5.56 Å². The minimum Gasteiger partial charge on any atom is -0.405 e. The van der Waals surface area contributed by atoms with Crippen LogP contribution in [0.25, 0.3) is 11.3 Å². The first-order chi connectivity index (χ1) is 9.26. The summed E-state index contributed by atoms with van der Waals surface area (Å²) in [5, 5.41) is 0. The van der Waals surface area contributed by atoms with Crippen molar-refractivity contribution >= 4 is 11.6 Å². The summed E-state index contributed by atoms with van der Waals surface area (Å²) in [5.41, 5.74) is 10.4. The maximum absolute atomic E-state index is 13.2. The Morgan fingerprint density at radius 1 is 1.15 bits per heavy atom. The Bertz CT molecular complexity index is 645. The van der Waals surface area contributed by atoms with Gasteiger partial charge in [0.25, 0.3) is 0 Å². The number of ether oxygens (including phenoxy) is 1. The molecule has 1 aromatic carbocycles. The average Bonchev–Trinajstić information content (AvgIpc) is 2.30. The summed E-state index contributed by atoms with van der Waals surface area (Å²) in [4.78, 5) is 7.40. The molecule has 1 heterocycles. The van der Waals surface area contributed by atoms with E-state index in [9.17, 15) is 17.6 Å². The number of hydrogen-bond donors (Lipinski definition) is 2. The summed E-state index contributed by atoms with van der Waals surface area (Å²) < 4.78 is 53.9. The molecule has 9 heteroatoms. The molecule has 0 aliphatic rings. The highest BCUT2D eigenvalue weighted by Gasteiger charge is 2.32. The first-order valence-electron chi connectivity index (χ1n) is 5.20. The lowest BCUT2D eigenvalue weighted by Crippen LogP contribution is -2.18. The van der Waals surface area contributed by atoms with Crippen molar-refractivity contribution in [3.8, 4) is 17.0 Å². The van der Waals surface area contributed by atoms with Crippen LogP contribution in [0.1, 0.15) is 0 Å². The largest absolute Gasteiger partial charge is 0.573 e. The number of nitrogens with zero attached hydrogens (tertiary/aromatic N) is 2. The van der Waals surface area contributed by atoms with E-state index in [0.717, 1.165) is 24.4 Å². The molecule has 2 rings (SSSR count). The molecule has 0 saturated heterocycles. The van der Waals surface area contributed by atoms with Crippen LogP contribution in [0.2, 0.25) is 0 Å². The molecule has 0 unspecified atom stereocenters. The first-order valence-corrected chi connectivity index (χ1v) is 5.20. The topological polar surface area (TPSA) is 87.0 Å². The zero-order valence-corrected chi connectivity index (χ0v) is 9.78. The van der Waals surface area contributed by atoms with Crippen molar-refractivity contribution in [3.05, 3.63) is 30.2 Å². The maximum Gasteiger partial charge on any atom is 0.573 e. The zero-order valence-electron chi connectivity index (χ0n) is 9.78. The van der Waals surface area contributed by atoms with Gasteiger partial charge in [0.15, 0.2) is 5.82 Å². The third kappa shape index (κ3) is 3.05. The Labute approximate surface area is 110 Å². The number of halogens is 4. The Kier molecular flexibility index (Phi) is 3.35. The van der Waals surface area contributed by atoms with Crippen LogP contribution in [0, 0.1) is 5.82 Å². The van der Waals surface area contributed by atoms with Crippen LogP contribution in [-0.4, -0.2) is 16.3 Å². The van der Waals surface area contributed by atoms with Gasteiger partial charge in [0.05, 0.1) is 6.20 Å². The number of alkyl halides is 3. The normalized spacial score (nSPS) is 11.4. The van der Waals surface area contributed by atoms with Crippen molar-refractivity contribution in [3.63, 3.8) is 0 Å². The molecule has 2 aromatic rings. The number of nitrogen functional groups attached to an aromatic ring is 2. The molecule has 20 heavy (non-hydrogen) atoms. The van der Waals surface area contributed by atoms with Crippen LogP contribution in [0.5, 0.6) is 5.75 Å². The Morgan fingerprint density at radius 3 is 2.45 bits per heavy atom. The SMILES string of the molecule is Nc1cnc(-c2cc(F)ccc2OC(F)(F)F)c(N)n1. The lowest BCUT2D eigenvalue weighted by atomic mass is 10.1. The Balaban J connectivity index is 2.57. The Hall–Kier alpha value is -2.58. The standard InChI is InChI=1S/C11H8F4N4O/c12-5-1-2-7(20-11(13,14)15)6(3-5)9-10(17)19-8(16)4-18-9/h1-4H,(H4,16,17,19). The predicted molar refractivity (Wildman–Crippen MR) is 62.9 cm³/mol. The van der Waals surface area contributed by atoms with E-state index in [1.165, 1.54) is 0 Å². The summed E-state index contributed by atoms with van der Waals surface area (Å²) >= 11 is 0. The summed E-state index contributed by atoms with van der Waals surface area (Å²) in [6.07, 6.45) is -3.84. The van der Waals surface area contributed by atoms with Gasteiger partial charge in [-0.3, -0.25) is 0 Å². The van der Waals surface area contributed by atoms with Crippen LogP contribution in [0.4, 0.5) is 29.2 Å². The van der Waals surface area contributed by atoms with Gasteiger partial charge in [-0.15, -0.1) is 13.2 Å². The summed E-state index contributed by atoms with van der Waals surface area (Å²) in [7, 11) is 0. The van der Waals surface area contributed by atoms with Crippen LogP contribution in [0.3, 0.4) is 0 Å². The van der Waals surface area contributed by atoms with Crippen molar-refractivity contribution in [2.45, 2.75) is 6.36 Å². The van der Waals surface area contributed by atoms with E-state index < -0.39 is 17.9 Å². The average molecular weight is 288 g/mol. The van der Waals surface area contributed by atoms with Gasteiger partial charge < -0.3 is 16.2 Å². The lowest BCUT2D eigenvalue weighted by molar-refractivity contribution is -0.274. The molecule has 0 amide bonds. The van der Waals surface area contributed by atoms with Crippen molar-refractivity contribution in [2.24, 2.45) is 0 Å². The van der Waals surface area contributed by atoms with Gasteiger partial charge in [-0.2, -0.15) is 0 Å². The third-order valence-electron chi connectivity index (χ3n) is 2.24. The number of aromatic nitrogens is 2. The molecular formula is C11H8F4N4O. The monoisotopic (exact) mass is 288 g/mol. The van der Waals surface area contributed by atoms with E-state index in [1.54, 1.807) is 0 Å². The van der Waals surface area contributed by atoms with E-state index in [4.69, 9.17) is 11.5 Å². The molecule has 4 N–H and O–H groups in total. The van der Waals surface area contributed by atoms with Crippen LogP contribution < -0.4 is 16.2 Å². The molecule has 0 radical (unpaired) electrons. The number of nitrogens with two attached hydrogens (primary N) is 2. The van der Waals surface area contributed by atoms with Crippen LogP contribution in [-0.2, 0) is 0 Å². The highest BCUT2D eigenvalue weighted by Crippen LogP contribution is 2.35. The van der Waals surface area contributed by atoms with Gasteiger partial charge in [-0.1, -0.05) is 0 Å². The van der Waals surface area contributed by atoms with Gasteiger partial charge in [-0.05, 0) is 18.2 Å². The predicted octanol–water partition coefficient (Wildman–Crippen LogP) is 2.35. The van der Waals surface area contributed by atoms with Crippen molar-refractivity contribution < 1.29 is 22.3 Å². The second kappa shape index (κ2) is 4.83. The van der Waals surface area contributed by atoms with E-state index in [2.05, 4.69) is 14.7 Å². The molecule has 1 aromatic heterocycles. The van der Waals surface area contributed by atoms with Crippen molar-refractivity contribution in [1.29, 1.82) is 0 Å². The Morgan fingerprint density at radius 2 is 1.85 bits per heavy atom. The summed E-state index contributed by atoms with van der Waals surface area (Å²) in [5.74, 6) is -1.65. The number of hydrogen-bond acceptors (Lipinski definition) is 5. The van der Waals surface area contributed by atoms with E-state index in [0.29, 0.717) is 0 Å². The van der Waals surface area contributed by atoms with Crippen LogP contribution in [0.15, 0.2) is 24.4 Å².